The molecule has 4 heteroatoms. The highest BCUT2D eigenvalue weighted by Gasteiger charge is 2.18. The molecule has 0 aliphatic heterocycles. The number of hydrogen-bond acceptors (Lipinski definition) is 3. The standard InChI is InChI=1S/C25H33N3O/c1-4-5-6-7-8-9-10-15-22(21-14-12-11-13-19(21)2)23-16-17-24-20(3)25(29)26-18-28(24)27-23/h11-14,16-18,22H,4-10,15H2,1-3H3. The molecule has 0 saturated carbocycles. The minimum Gasteiger partial charge on any atom is -0.267 e. The van der Waals surface area contributed by atoms with Crippen molar-refractivity contribution < 1.29 is 0 Å². The second-order valence-electron chi connectivity index (χ2n) is 8.08. The molecule has 2 aromatic heterocycles. The lowest BCUT2D eigenvalue weighted by Crippen LogP contribution is -2.15. The van der Waals surface area contributed by atoms with E-state index >= 15 is 0 Å². The van der Waals surface area contributed by atoms with Crippen molar-refractivity contribution in [3.8, 4) is 0 Å². The SMILES string of the molecule is CCCCCCCCCC(c1ccc2c(C)c(=O)ncn2n1)c1ccccc1C. The summed E-state index contributed by atoms with van der Waals surface area (Å²) in [7, 11) is 0. The van der Waals surface area contributed by atoms with Crippen molar-refractivity contribution in [1.82, 2.24) is 14.6 Å². The van der Waals surface area contributed by atoms with Gasteiger partial charge in [0.05, 0.1) is 11.2 Å². The molecule has 2 heterocycles. The predicted octanol–water partition coefficient (Wildman–Crippen LogP) is 5.98. The summed E-state index contributed by atoms with van der Waals surface area (Å²) in [5.41, 5.74) is 4.98. The Hall–Kier alpha value is -2.49. The summed E-state index contributed by atoms with van der Waals surface area (Å²) in [6.45, 7) is 6.25. The first-order valence-electron chi connectivity index (χ1n) is 11.0. The number of fused-ring (bicyclic) bond motifs is 1. The molecule has 154 valence electrons. The highest BCUT2D eigenvalue weighted by molar-refractivity contribution is 5.52. The van der Waals surface area contributed by atoms with E-state index in [1.54, 1.807) is 4.52 Å². The van der Waals surface area contributed by atoms with Crippen LogP contribution in [-0.2, 0) is 0 Å². The van der Waals surface area contributed by atoms with Gasteiger partial charge in [0.15, 0.2) is 0 Å². The van der Waals surface area contributed by atoms with Gasteiger partial charge in [-0.1, -0.05) is 76.1 Å². The van der Waals surface area contributed by atoms with Crippen LogP contribution in [0.4, 0.5) is 0 Å². The van der Waals surface area contributed by atoms with Crippen LogP contribution in [0, 0.1) is 13.8 Å². The summed E-state index contributed by atoms with van der Waals surface area (Å²) in [4.78, 5) is 15.8. The van der Waals surface area contributed by atoms with Gasteiger partial charge in [0.25, 0.3) is 5.56 Å². The Morgan fingerprint density at radius 1 is 0.931 bits per heavy atom. The van der Waals surface area contributed by atoms with Crippen LogP contribution < -0.4 is 5.56 Å². The second kappa shape index (κ2) is 10.3. The maximum Gasteiger partial charge on any atom is 0.276 e. The number of aryl methyl sites for hydroxylation is 2. The van der Waals surface area contributed by atoms with E-state index in [0.29, 0.717) is 5.56 Å². The Morgan fingerprint density at radius 2 is 1.66 bits per heavy atom. The van der Waals surface area contributed by atoms with E-state index in [-0.39, 0.29) is 11.5 Å². The minimum absolute atomic E-state index is 0.182. The smallest absolute Gasteiger partial charge is 0.267 e. The van der Waals surface area contributed by atoms with E-state index < -0.39 is 0 Å². The molecule has 0 radical (unpaired) electrons. The van der Waals surface area contributed by atoms with Gasteiger partial charge < -0.3 is 0 Å². The Labute approximate surface area is 174 Å². The Morgan fingerprint density at radius 3 is 2.41 bits per heavy atom. The van der Waals surface area contributed by atoms with Crippen LogP contribution in [0.2, 0.25) is 0 Å². The Bertz CT molecular complexity index is 993. The topological polar surface area (TPSA) is 47.3 Å². The van der Waals surface area contributed by atoms with Gasteiger partial charge in [0.2, 0.25) is 0 Å². The fourth-order valence-corrected chi connectivity index (χ4v) is 4.08. The van der Waals surface area contributed by atoms with E-state index in [1.165, 1.54) is 62.4 Å². The first kappa shape index (κ1) is 21.2. The fourth-order valence-electron chi connectivity index (χ4n) is 4.08. The van der Waals surface area contributed by atoms with Gasteiger partial charge in [-0.15, -0.1) is 0 Å². The van der Waals surface area contributed by atoms with Crippen molar-refractivity contribution in [2.24, 2.45) is 0 Å². The molecule has 0 N–H and O–H groups in total. The zero-order valence-electron chi connectivity index (χ0n) is 18.0. The van der Waals surface area contributed by atoms with Gasteiger partial charge in [-0.2, -0.15) is 10.1 Å². The van der Waals surface area contributed by atoms with Crippen LogP contribution in [0.3, 0.4) is 0 Å². The van der Waals surface area contributed by atoms with Crippen LogP contribution in [-0.4, -0.2) is 14.6 Å². The van der Waals surface area contributed by atoms with Gasteiger partial charge in [-0.25, -0.2) is 4.52 Å². The highest BCUT2D eigenvalue weighted by atomic mass is 16.1. The third-order valence-corrected chi connectivity index (χ3v) is 5.89. The average molecular weight is 392 g/mol. The Balaban J connectivity index is 1.82. The lowest BCUT2D eigenvalue weighted by atomic mass is 9.87. The molecule has 0 spiro atoms. The maximum absolute atomic E-state index is 11.8. The Kier molecular flexibility index (Phi) is 7.56. The number of rotatable bonds is 10. The van der Waals surface area contributed by atoms with Crippen LogP contribution >= 0.6 is 0 Å². The largest absolute Gasteiger partial charge is 0.276 e. The molecule has 3 aromatic rings. The molecule has 1 unspecified atom stereocenters. The fraction of sp³-hybridized carbons (Fsp3) is 0.480. The molecule has 0 aliphatic carbocycles. The van der Waals surface area contributed by atoms with Crippen molar-refractivity contribution in [2.75, 3.05) is 0 Å². The molecule has 1 atom stereocenters. The minimum atomic E-state index is -0.182. The number of unbranched alkanes of at least 4 members (excludes halogenated alkanes) is 6. The van der Waals surface area contributed by atoms with Crippen LogP contribution in [0.1, 0.15) is 86.6 Å². The molecule has 4 nitrogen and oxygen atoms in total. The quantitative estimate of drug-likeness (QED) is 0.399. The average Bonchev–Trinajstić information content (AvgIpc) is 2.73. The monoisotopic (exact) mass is 391 g/mol. The van der Waals surface area contributed by atoms with Gasteiger partial charge in [0, 0.05) is 11.5 Å². The molecule has 0 bridgehead atoms. The number of benzene rings is 1. The third kappa shape index (κ3) is 5.31. The summed E-state index contributed by atoms with van der Waals surface area (Å²) in [6.07, 6.45) is 11.8. The van der Waals surface area contributed by atoms with Gasteiger partial charge in [-0.05, 0) is 43.5 Å². The van der Waals surface area contributed by atoms with Crippen molar-refractivity contribution in [3.05, 3.63) is 75.5 Å². The summed E-state index contributed by atoms with van der Waals surface area (Å²) in [5, 5.41) is 4.85. The molecule has 0 fully saturated rings. The first-order valence-corrected chi connectivity index (χ1v) is 11.0. The van der Waals surface area contributed by atoms with E-state index in [4.69, 9.17) is 5.10 Å². The highest BCUT2D eigenvalue weighted by Crippen LogP contribution is 2.31. The molecule has 0 aliphatic rings. The second-order valence-corrected chi connectivity index (χ2v) is 8.08. The lowest BCUT2D eigenvalue weighted by Gasteiger charge is -2.20. The normalized spacial score (nSPS) is 12.4. The first-order chi connectivity index (χ1) is 14.1. The molecule has 0 amide bonds. The van der Waals surface area contributed by atoms with Crippen molar-refractivity contribution in [3.63, 3.8) is 0 Å². The van der Waals surface area contributed by atoms with Gasteiger partial charge in [0.1, 0.15) is 6.33 Å². The maximum atomic E-state index is 11.8. The molecule has 3 rings (SSSR count). The van der Waals surface area contributed by atoms with Crippen LogP contribution in [0.5, 0.6) is 0 Å². The van der Waals surface area contributed by atoms with Crippen molar-refractivity contribution in [1.29, 1.82) is 0 Å². The molecule has 1 aromatic carbocycles. The molecule has 0 saturated heterocycles. The number of aromatic nitrogens is 3. The van der Waals surface area contributed by atoms with E-state index in [0.717, 1.165) is 17.6 Å². The molecular formula is C25H33N3O. The number of nitrogens with zero attached hydrogens (tertiary/aromatic N) is 3. The van der Waals surface area contributed by atoms with Crippen molar-refractivity contribution in [2.45, 2.75) is 78.1 Å². The summed E-state index contributed by atoms with van der Waals surface area (Å²) in [6, 6.07) is 12.7. The zero-order chi connectivity index (χ0) is 20.6. The zero-order valence-corrected chi connectivity index (χ0v) is 18.0. The lowest BCUT2D eigenvalue weighted by molar-refractivity contribution is 0.551. The molecule has 29 heavy (non-hydrogen) atoms. The van der Waals surface area contributed by atoms with Gasteiger partial charge in [-0.3, -0.25) is 4.79 Å². The van der Waals surface area contributed by atoms with E-state index in [1.807, 2.05) is 13.0 Å². The summed E-state index contributed by atoms with van der Waals surface area (Å²) >= 11 is 0. The summed E-state index contributed by atoms with van der Waals surface area (Å²) < 4.78 is 1.75. The third-order valence-electron chi connectivity index (χ3n) is 5.89. The van der Waals surface area contributed by atoms with E-state index in [2.05, 4.69) is 49.2 Å². The van der Waals surface area contributed by atoms with E-state index in [9.17, 15) is 4.79 Å². The number of hydrogen-bond donors (Lipinski definition) is 0. The van der Waals surface area contributed by atoms with Crippen molar-refractivity contribution >= 4 is 5.52 Å². The van der Waals surface area contributed by atoms with Crippen LogP contribution in [0.25, 0.3) is 5.52 Å². The summed E-state index contributed by atoms with van der Waals surface area (Å²) in [5.74, 6) is 0.260. The van der Waals surface area contributed by atoms with Gasteiger partial charge >= 0.3 is 0 Å². The molecular weight excluding hydrogens is 358 g/mol. The predicted molar refractivity (Wildman–Crippen MR) is 120 cm³/mol. The van der Waals surface area contributed by atoms with Crippen LogP contribution in [0.15, 0.2) is 47.5 Å².